The molecule has 0 bridgehead atoms. The minimum atomic E-state index is -4.15. The molecule has 1 saturated heterocycles. The molecule has 284 valence electrons. The lowest BCUT2D eigenvalue weighted by molar-refractivity contribution is -0.275. The summed E-state index contributed by atoms with van der Waals surface area (Å²) in [6.07, 6.45) is 1.09. The summed E-state index contributed by atoms with van der Waals surface area (Å²) < 4.78 is 54.0. The Kier molecular flexibility index (Phi) is 13.5. The topological polar surface area (TPSA) is 118 Å². The fourth-order valence-corrected chi connectivity index (χ4v) is 8.88. The number of aryl methyl sites for hydroxylation is 1. The van der Waals surface area contributed by atoms with Crippen LogP contribution in [0, 0.1) is 0 Å². The van der Waals surface area contributed by atoms with Crippen molar-refractivity contribution in [1.82, 2.24) is 4.90 Å². The van der Waals surface area contributed by atoms with Gasteiger partial charge in [-0.05, 0) is 71.5 Å². The van der Waals surface area contributed by atoms with Crippen LogP contribution in [0.25, 0.3) is 0 Å². The Labute approximate surface area is 328 Å². The summed E-state index contributed by atoms with van der Waals surface area (Å²) in [4.78, 5) is 28.6. The Hall–Kier alpha value is -4.33. The number of carbonyl (C=O) groups is 2. The molecule has 4 aromatic rings. The Morgan fingerprint density at radius 2 is 1.70 bits per heavy atom. The second-order valence-electron chi connectivity index (χ2n) is 12.6. The van der Waals surface area contributed by atoms with Crippen LogP contribution in [0.4, 0.5) is 4.79 Å². The fraction of sp³-hybridized carbons (Fsp3) is 0.300. The van der Waals surface area contributed by atoms with Crippen molar-refractivity contribution >= 4 is 60.1 Å². The smallest absolute Gasteiger partial charge is 0.415 e. The van der Waals surface area contributed by atoms with E-state index in [0.717, 1.165) is 29.7 Å². The van der Waals surface area contributed by atoms with E-state index in [-0.39, 0.29) is 32.6 Å². The van der Waals surface area contributed by atoms with Gasteiger partial charge >= 0.3 is 21.8 Å². The van der Waals surface area contributed by atoms with Crippen LogP contribution in [-0.2, 0) is 36.9 Å². The molecule has 1 fully saturated rings. The maximum Gasteiger partial charge on any atom is 0.415 e. The highest BCUT2D eigenvalue weighted by Gasteiger charge is 2.51. The molecule has 14 heteroatoms. The Morgan fingerprint density at radius 3 is 2.37 bits per heavy atom. The second-order valence-corrected chi connectivity index (χ2v) is 16.6. The summed E-state index contributed by atoms with van der Waals surface area (Å²) in [6.45, 7) is 7.52. The summed E-state index contributed by atoms with van der Waals surface area (Å²) in [5.41, 5.74) is 3.51. The van der Waals surface area contributed by atoms with E-state index in [9.17, 15) is 18.0 Å². The minimum Gasteiger partial charge on any atom is -0.536 e. The zero-order chi connectivity index (χ0) is 39.0. The number of amides is 1. The molecular weight excluding hydrogens is 769 g/mol. The number of esters is 1. The molecule has 0 spiro atoms. The third kappa shape index (κ3) is 9.30. The lowest BCUT2D eigenvalue weighted by Gasteiger charge is -2.48. The van der Waals surface area contributed by atoms with Crippen molar-refractivity contribution in [1.29, 1.82) is 0 Å². The van der Waals surface area contributed by atoms with E-state index >= 15 is 0 Å². The summed E-state index contributed by atoms with van der Waals surface area (Å²) in [5, 5.41) is 2.08. The highest BCUT2D eigenvalue weighted by Crippen LogP contribution is 2.42. The number of benzene rings is 4. The first-order valence-electron chi connectivity index (χ1n) is 17.3. The molecule has 0 aliphatic carbocycles. The SMILES string of the molecule is CCc1cccc([Si]Oc2ccc(C(Cl)S(=O)(=O)C=COC(=O)N3CC(C)OC(C)(OC(=O)c4cccc(Cl)c4OC)C3c3ccccc3)cc2)c1CC. The molecule has 54 heavy (non-hydrogen) atoms. The predicted molar refractivity (Wildman–Crippen MR) is 209 cm³/mol. The van der Waals surface area contributed by atoms with Crippen LogP contribution in [0.2, 0.25) is 5.02 Å². The van der Waals surface area contributed by atoms with Gasteiger partial charge in [-0.2, -0.15) is 0 Å². The molecule has 4 aromatic carbocycles. The van der Waals surface area contributed by atoms with Crippen LogP contribution in [0.3, 0.4) is 0 Å². The Morgan fingerprint density at radius 1 is 1.00 bits per heavy atom. The van der Waals surface area contributed by atoms with Crippen LogP contribution in [0.15, 0.2) is 103 Å². The number of hydrogen-bond acceptors (Lipinski definition) is 9. The average Bonchev–Trinajstić information content (AvgIpc) is 3.16. The molecule has 0 aromatic heterocycles. The molecule has 4 unspecified atom stereocenters. The number of rotatable bonds is 13. The second kappa shape index (κ2) is 17.9. The van der Waals surface area contributed by atoms with E-state index in [1.807, 2.05) is 6.07 Å². The Bertz CT molecular complexity index is 2080. The maximum atomic E-state index is 13.7. The van der Waals surface area contributed by atoms with Crippen molar-refractivity contribution in [2.45, 2.75) is 63.2 Å². The summed E-state index contributed by atoms with van der Waals surface area (Å²) in [6, 6.07) is 25.2. The number of nitrogens with zero attached hydrogens (tertiary/aromatic N) is 1. The van der Waals surface area contributed by atoms with E-state index in [1.165, 1.54) is 36.1 Å². The van der Waals surface area contributed by atoms with Crippen LogP contribution in [-0.4, -0.2) is 60.7 Å². The van der Waals surface area contributed by atoms with Gasteiger partial charge in [-0.1, -0.05) is 104 Å². The van der Waals surface area contributed by atoms with E-state index in [4.69, 9.17) is 46.6 Å². The van der Waals surface area contributed by atoms with E-state index < -0.39 is 44.5 Å². The van der Waals surface area contributed by atoms with Crippen LogP contribution in [0.5, 0.6) is 11.5 Å². The van der Waals surface area contributed by atoms with Gasteiger partial charge in [-0.3, -0.25) is 4.90 Å². The largest absolute Gasteiger partial charge is 0.536 e. The average molecular weight is 811 g/mol. The van der Waals surface area contributed by atoms with Gasteiger partial charge in [-0.15, -0.1) is 0 Å². The van der Waals surface area contributed by atoms with E-state index in [1.54, 1.807) is 73.7 Å². The molecule has 0 N–H and O–H groups in total. The van der Waals surface area contributed by atoms with Gasteiger partial charge in [0.05, 0.1) is 30.2 Å². The van der Waals surface area contributed by atoms with Gasteiger partial charge in [-0.25, -0.2) is 18.0 Å². The zero-order valence-electron chi connectivity index (χ0n) is 30.5. The lowest BCUT2D eigenvalue weighted by Crippen LogP contribution is -2.58. The fourth-order valence-electron chi connectivity index (χ4n) is 6.43. The monoisotopic (exact) mass is 809 g/mol. The number of alkyl halides is 1. The number of morpholine rings is 1. The van der Waals surface area contributed by atoms with Crippen molar-refractivity contribution in [3.63, 3.8) is 0 Å². The highest BCUT2D eigenvalue weighted by atomic mass is 35.5. The molecule has 5 rings (SSSR count). The van der Waals surface area contributed by atoms with Gasteiger partial charge in [0.1, 0.15) is 23.6 Å². The maximum absolute atomic E-state index is 13.7. The van der Waals surface area contributed by atoms with Gasteiger partial charge in [0.2, 0.25) is 5.79 Å². The lowest BCUT2D eigenvalue weighted by atomic mass is 9.95. The molecule has 4 atom stereocenters. The van der Waals surface area contributed by atoms with Crippen molar-refractivity contribution < 1.29 is 41.4 Å². The molecule has 0 saturated carbocycles. The van der Waals surface area contributed by atoms with Crippen LogP contribution < -0.4 is 14.3 Å². The third-order valence-corrected chi connectivity index (χ3v) is 12.5. The molecular formula is C40H41Cl2NO9SSi. The first-order valence-corrected chi connectivity index (χ1v) is 20.6. The number of halogens is 2. The number of sulfone groups is 1. The van der Waals surface area contributed by atoms with Gasteiger partial charge < -0.3 is 23.4 Å². The molecule has 1 amide bonds. The first-order chi connectivity index (χ1) is 25.8. The predicted octanol–water partition coefficient (Wildman–Crippen LogP) is 8.09. The summed E-state index contributed by atoms with van der Waals surface area (Å²) in [7, 11) is -2.68. The number of carbonyl (C=O) groups excluding carboxylic acids is 2. The summed E-state index contributed by atoms with van der Waals surface area (Å²) >= 11 is 12.7. The molecule has 2 radical (unpaired) electrons. The van der Waals surface area contributed by atoms with Crippen LogP contribution >= 0.6 is 23.2 Å². The third-order valence-electron chi connectivity index (χ3n) is 8.86. The van der Waals surface area contributed by atoms with E-state index in [2.05, 4.69) is 26.0 Å². The zero-order valence-corrected chi connectivity index (χ0v) is 33.8. The van der Waals surface area contributed by atoms with Crippen LogP contribution in [0.1, 0.15) is 71.1 Å². The molecule has 10 nitrogen and oxygen atoms in total. The van der Waals surface area contributed by atoms with Crippen molar-refractivity contribution in [2.24, 2.45) is 0 Å². The van der Waals surface area contributed by atoms with Crippen molar-refractivity contribution in [3.05, 3.63) is 136 Å². The Balaban J connectivity index is 1.29. The summed E-state index contributed by atoms with van der Waals surface area (Å²) in [5.74, 6) is -1.83. The van der Waals surface area contributed by atoms with Gasteiger partial charge in [0.25, 0.3) is 0 Å². The first kappa shape index (κ1) is 40.8. The number of hydrogen-bond donors (Lipinski definition) is 0. The number of ether oxygens (including phenoxy) is 4. The number of para-hydroxylation sites is 1. The van der Waals surface area contributed by atoms with E-state index in [0.29, 0.717) is 16.9 Å². The van der Waals surface area contributed by atoms with Gasteiger partial charge in [0.15, 0.2) is 20.3 Å². The van der Waals surface area contributed by atoms with Crippen molar-refractivity contribution in [2.75, 3.05) is 13.7 Å². The van der Waals surface area contributed by atoms with Crippen molar-refractivity contribution in [3.8, 4) is 11.5 Å². The normalized spacial score (nSPS) is 19.3. The molecule has 1 aliphatic heterocycles. The molecule has 1 heterocycles. The minimum absolute atomic E-state index is 0.0313. The highest BCUT2D eigenvalue weighted by molar-refractivity contribution is 7.95. The number of methoxy groups -OCH3 is 1. The van der Waals surface area contributed by atoms with Gasteiger partial charge in [0, 0.05) is 6.92 Å². The standard InChI is InChI=1S/C40H41Cl2NO9SSi/c1-6-27-15-11-18-34(31(27)7-2)54-52-30-21-19-29(20-22-30)37(42)53(46,47)24-23-49-39(45)43-25-26(3)50-40(4,36(43)28-13-9-8-10-14-28)51-38(44)32-16-12-17-33(41)35(32)48-5/h8-24,26,36-37H,6-7,25H2,1-5H3. The molecule has 1 aliphatic rings. The quantitative estimate of drug-likeness (QED) is 0.0572.